The highest BCUT2D eigenvalue weighted by Crippen LogP contribution is 2.17. The molecule has 1 unspecified atom stereocenters. The van der Waals surface area contributed by atoms with Crippen LogP contribution in [0, 0.1) is 6.92 Å². The van der Waals surface area contributed by atoms with Crippen molar-refractivity contribution >= 4 is 11.9 Å². The first kappa shape index (κ1) is 16.2. The van der Waals surface area contributed by atoms with Crippen LogP contribution in [0.3, 0.4) is 0 Å². The Labute approximate surface area is 120 Å². The fourth-order valence-corrected chi connectivity index (χ4v) is 2.04. The second-order valence-corrected chi connectivity index (χ2v) is 4.82. The van der Waals surface area contributed by atoms with E-state index in [1.165, 1.54) is 5.56 Å². The van der Waals surface area contributed by atoms with Crippen LogP contribution in [-0.2, 0) is 4.79 Å². The summed E-state index contributed by atoms with van der Waals surface area (Å²) >= 11 is 0. The number of imide groups is 1. The van der Waals surface area contributed by atoms with Gasteiger partial charge in [0.2, 0.25) is 5.91 Å². The molecule has 0 heterocycles. The summed E-state index contributed by atoms with van der Waals surface area (Å²) in [6.07, 6.45) is 0. The van der Waals surface area contributed by atoms with E-state index in [2.05, 4.69) is 16.0 Å². The van der Waals surface area contributed by atoms with Crippen molar-refractivity contribution in [1.29, 1.82) is 0 Å². The molecule has 1 aromatic rings. The molecule has 0 aliphatic carbocycles. The van der Waals surface area contributed by atoms with Crippen LogP contribution in [0.25, 0.3) is 0 Å². The lowest BCUT2D eigenvalue weighted by Crippen LogP contribution is -2.48. The summed E-state index contributed by atoms with van der Waals surface area (Å²) < 4.78 is 0. The highest BCUT2D eigenvalue weighted by Gasteiger charge is 2.18. The number of urea groups is 1. The summed E-state index contributed by atoms with van der Waals surface area (Å²) in [5.41, 5.74) is 2.31. The molecule has 3 N–H and O–H groups in total. The molecule has 0 aliphatic heterocycles. The first-order valence-electron chi connectivity index (χ1n) is 6.86. The smallest absolute Gasteiger partial charge is 0.321 e. The van der Waals surface area contributed by atoms with Gasteiger partial charge in [0, 0.05) is 12.6 Å². The van der Waals surface area contributed by atoms with Gasteiger partial charge in [0.25, 0.3) is 0 Å². The molecular formula is C15H23N3O2. The summed E-state index contributed by atoms with van der Waals surface area (Å²) in [7, 11) is 0. The quantitative estimate of drug-likeness (QED) is 0.769. The molecule has 0 radical (unpaired) electrons. The van der Waals surface area contributed by atoms with Gasteiger partial charge >= 0.3 is 6.03 Å². The van der Waals surface area contributed by atoms with E-state index in [4.69, 9.17) is 0 Å². The Morgan fingerprint density at radius 3 is 2.45 bits per heavy atom. The number of nitrogens with one attached hydrogen (secondary N) is 3. The van der Waals surface area contributed by atoms with E-state index in [9.17, 15) is 9.59 Å². The molecule has 5 heteroatoms. The fourth-order valence-electron chi connectivity index (χ4n) is 2.04. The predicted octanol–water partition coefficient (Wildman–Crippen LogP) is 1.88. The van der Waals surface area contributed by atoms with E-state index < -0.39 is 12.1 Å². The Balaban J connectivity index is 2.57. The molecule has 0 spiro atoms. The minimum Gasteiger partial charge on any atom is -0.338 e. The molecule has 3 amide bonds. The minimum atomic E-state index is -0.463. The van der Waals surface area contributed by atoms with Crippen molar-refractivity contribution in [3.63, 3.8) is 0 Å². The van der Waals surface area contributed by atoms with Gasteiger partial charge in [0.15, 0.2) is 0 Å². The van der Waals surface area contributed by atoms with Crippen LogP contribution >= 0.6 is 0 Å². The van der Waals surface area contributed by atoms with Crippen molar-refractivity contribution in [3.8, 4) is 0 Å². The van der Waals surface area contributed by atoms with Gasteiger partial charge in [-0.25, -0.2) is 4.79 Å². The van der Waals surface area contributed by atoms with Crippen molar-refractivity contribution in [3.05, 3.63) is 35.4 Å². The molecule has 20 heavy (non-hydrogen) atoms. The number of hydrogen-bond acceptors (Lipinski definition) is 3. The summed E-state index contributed by atoms with van der Waals surface area (Å²) in [6, 6.07) is 7.14. The third-order valence-corrected chi connectivity index (χ3v) is 3.12. The van der Waals surface area contributed by atoms with Gasteiger partial charge < -0.3 is 5.32 Å². The predicted molar refractivity (Wildman–Crippen MR) is 79.4 cm³/mol. The molecule has 1 aromatic carbocycles. The largest absolute Gasteiger partial charge is 0.338 e. The first-order valence-corrected chi connectivity index (χ1v) is 6.86. The fraction of sp³-hybridized carbons (Fsp3) is 0.467. The molecule has 0 aliphatic rings. The van der Waals surface area contributed by atoms with Crippen molar-refractivity contribution in [2.45, 2.75) is 39.8 Å². The maximum absolute atomic E-state index is 11.8. The van der Waals surface area contributed by atoms with Crippen LogP contribution in [0.2, 0.25) is 0 Å². The second kappa shape index (κ2) is 7.65. The van der Waals surface area contributed by atoms with Gasteiger partial charge in [-0.2, -0.15) is 0 Å². The maximum atomic E-state index is 11.8. The minimum absolute atomic E-state index is 0.0335. The molecule has 0 bridgehead atoms. The van der Waals surface area contributed by atoms with Gasteiger partial charge in [-0.15, -0.1) is 0 Å². The standard InChI is InChI=1S/C15H23N3O2/c1-5-16-15(20)18-14(19)12(4)17-11(3)13-9-7-6-8-10(13)2/h6-9,11-12,17H,5H2,1-4H3,(H2,16,18,19,20)/t11-,12?/m1/s1. The Kier molecular flexibility index (Phi) is 6.18. The van der Waals surface area contributed by atoms with Crippen LogP contribution in [0.4, 0.5) is 4.79 Å². The normalized spacial score (nSPS) is 13.4. The average molecular weight is 277 g/mol. The van der Waals surface area contributed by atoms with E-state index in [1.807, 2.05) is 38.1 Å². The van der Waals surface area contributed by atoms with E-state index in [-0.39, 0.29) is 11.9 Å². The molecule has 1 rings (SSSR count). The van der Waals surface area contributed by atoms with Gasteiger partial charge in [0.1, 0.15) is 0 Å². The molecule has 2 atom stereocenters. The summed E-state index contributed by atoms with van der Waals surface area (Å²) in [4.78, 5) is 23.1. The van der Waals surface area contributed by atoms with E-state index in [0.717, 1.165) is 5.56 Å². The number of carbonyl (C=O) groups is 2. The Bertz CT molecular complexity index is 474. The molecule has 110 valence electrons. The molecule has 0 saturated carbocycles. The van der Waals surface area contributed by atoms with Crippen LogP contribution in [0.5, 0.6) is 0 Å². The topological polar surface area (TPSA) is 70.2 Å². The van der Waals surface area contributed by atoms with Gasteiger partial charge in [-0.3, -0.25) is 15.4 Å². The van der Waals surface area contributed by atoms with E-state index >= 15 is 0 Å². The summed E-state index contributed by atoms with van der Waals surface area (Å²) in [5, 5.41) is 8.02. The molecule has 5 nitrogen and oxygen atoms in total. The zero-order chi connectivity index (χ0) is 15.1. The number of benzene rings is 1. The lowest BCUT2D eigenvalue weighted by molar-refractivity contribution is -0.121. The maximum Gasteiger partial charge on any atom is 0.321 e. The first-order chi connectivity index (χ1) is 9.45. The highest BCUT2D eigenvalue weighted by atomic mass is 16.2. The van der Waals surface area contributed by atoms with E-state index in [1.54, 1.807) is 13.8 Å². The Morgan fingerprint density at radius 2 is 1.85 bits per heavy atom. The number of hydrogen-bond donors (Lipinski definition) is 3. The molecule has 0 saturated heterocycles. The highest BCUT2D eigenvalue weighted by molar-refractivity contribution is 5.96. The Morgan fingerprint density at radius 1 is 1.20 bits per heavy atom. The number of amides is 3. The average Bonchev–Trinajstić information content (AvgIpc) is 2.39. The number of aryl methyl sites for hydroxylation is 1. The number of rotatable bonds is 5. The van der Waals surface area contributed by atoms with Gasteiger partial charge in [0.05, 0.1) is 6.04 Å². The van der Waals surface area contributed by atoms with Crippen LogP contribution in [0.1, 0.15) is 37.9 Å². The van der Waals surface area contributed by atoms with Crippen LogP contribution in [-0.4, -0.2) is 24.5 Å². The van der Waals surface area contributed by atoms with Gasteiger partial charge in [-0.1, -0.05) is 24.3 Å². The lowest BCUT2D eigenvalue weighted by Gasteiger charge is -2.21. The summed E-state index contributed by atoms with van der Waals surface area (Å²) in [6.45, 7) is 8.06. The van der Waals surface area contributed by atoms with Crippen molar-refractivity contribution in [2.24, 2.45) is 0 Å². The lowest BCUT2D eigenvalue weighted by atomic mass is 10.0. The SMILES string of the molecule is CCNC(=O)NC(=O)C(C)N[C@H](C)c1ccccc1C. The van der Waals surface area contributed by atoms with Crippen LogP contribution in [0.15, 0.2) is 24.3 Å². The van der Waals surface area contributed by atoms with Crippen LogP contribution < -0.4 is 16.0 Å². The molecular weight excluding hydrogens is 254 g/mol. The molecule has 0 fully saturated rings. The third-order valence-electron chi connectivity index (χ3n) is 3.12. The van der Waals surface area contributed by atoms with Crippen molar-refractivity contribution in [2.75, 3.05) is 6.54 Å². The summed E-state index contributed by atoms with van der Waals surface area (Å²) in [5.74, 6) is -0.337. The zero-order valence-corrected chi connectivity index (χ0v) is 12.5. The third kappa shape index (κ3) is 4.66. The van der Waals surface area contributed by atoms with E-state index in [0.29, 0.717) is 6.54 Å². The zero-order valence-electron chi connectivity index (χ0n) is 12.5. The number of carbonyl (C=O) groups excluding carboxylic acids is 2. The van der Waals surface area contributed by atoms with Gasteiger partial charge in [-0.05, 0) is 38.8 Å². The second-order valence-electron chi connectivity index (χ2n) is 4.82. The molecule has 0 aromatic heterocycles. The van der Waals surface area contributed by atoms with Crippen molar-refractivity contribution in [1.82, 2.24) is 16.0 Å². The Hall–Kier alpha value is -1.88. The van der Waals surface area contributed by atoms with Crippen molar-refractivity contribution < 1.29 is 9.59 Å². The monoisotopic (exact) mass is 277 g/mol.